The standard InChI is InChI=1S/C11H21NO2/c1-9(11(13)14-2)12-8-7-10-5-3-4-6-10/h9-10,12H,3-8H2,1-2H3. The molecular weight excluding hydrogens is 178 g/mol. The van der Waals surface area contributed by atoms with Crippen molar-refractivity contribution in [2.45, 2.75) is 45.1 Å². The molecule has 0 radical (unpaired) electrons. The highest BCUT2D eigenvalue weighted by molar-refractivity contribution is 5.74. The van der Waals surface area contributed by atoms with Gasteiger partial charge in [-0.1, -0.05) is 25.7 Å². The first-order valence-electron chi connectivity index (χ1n) is 5.55. The van der Waals surface area contributed by atoms with Crippen LogP contribution in [0.4, 0.5) is 0 Å². The van der Waals surface area contributed by atoms with E-state index in [0.717, 1.165) is 12.5 Å². The zero-order valence-corrected chi connectivity index (χ0v) is 9.21. The molecule has 0 spiro atoms. The van der Waals surface area contributed by atoms with Crippen LogP contribution in [0, 0.1) is 5.92 Å². The first kappa shape index (κ1) is 11.5. The Morgan fingerprint density at radius 3 is 2.71 bits per heavy atom. The number of hydrogen-bond donors (Lipinski definition) is 1. The first-order valence-corrected chi connectivity index (χ1v) is 5.55. The van der Waals surface area contributed by atoms with Crippen molar-refractivity contribution in [1.82, 2.24) is 5.32 Å². The van der Waals surface area contributed by atoms with Crippen molar-refractivity contribution in [2.75, 3.05) is 13.7 Å². The SMILES string of the molecule is COC(=O)C(C)NCCC1CCCC1. The van der Waals surface area contributed by atoms with Gasteiger partial charge in [0.15, 0.2) is 0 Å². The molecule has 1 atom stereocenters. The van der Waals surface area contributed by atoms with E-state index in [9.17, 15) is 4.79 Å². The number of rotatable bonds is 5. The van der Waals surface area contributed by atoms with E-state index in [2.05, 4.69) is 10.1 Å². The average molecular weight is 199 g/mol. The van der Waals surface area contributed by atoms with Crippen molar-refractivity contribution in [3.05, 3.63) is 0 Å². The molecular formula is C11H21NO2. The minimum absolute atomic E-state index is 0.165. The fourth-order valence-corrected chi connectivity index (χ4v) is 2.06. The second-order valence-electron chi connectivity index (χ2n) is 4.14. The van der Waals surface area contributed by atoms with Gasteiger partial charge in [0.05, 0.1) is 7.11 Å². The molecule has 1 rings (SSSR count). The van der Waals surface area contributed by atoms with E-state index in [1.165, 1.54) is 39.2 Å². The fourth-order valence-electron chi connectivity index (χ4n) is 2.06. The van der Waals surface area contributed by atoms with Crippen molar-refractivity contribution in [2.24, 2.45) is 5.92 Å². The molecule has 3 heteroatoms. The van der Waals surface area contributed by atoms with Gasteiger partial charge in [-0.15, -0.1) is 0 Å². The quantitative estimate of drug-likeness (QED) is 0.685. The van der Waals surface area contributed by atoms with Crippen LogP contribution in [0.2, 0.25) is 0 Å². The van der Waals surface area contributed by atoms with Gasteiger partial charge < -0.3 is 10.1 Å². The Morgan fingerprint density at radius 1 is 1.50 bits per heavy atom. The van der Waals surface area contributed by atoms with Crippen molar-refractivity contribution >= 4 is 5.97 Å². The highest BCUT2D eigenvalue weighted by Gasteiger charge is 2.16. The van der Waals surface area contributed by atoms with Gasteiger partial charge in [0.2, 0.25) is 0 Å². The normalized spacial score (nSPS) is 19.6. The minimum Gasteiger partial charge on any atom is -0.468 e. The summed E-state index contributed by atoms with van der Waals surface area (Å²) in [6, 6.07) is -0.165. The van der Waals surface area contributed by atoms with Crippen LogP contribution in [-0.4, -0.2) is 25.7 Å². The number of esters is 1. The molecule has 0 aromatic rings. The van der Waals surface area contributed by atoms with E-state index in [4.69, 9.17) is 0 Å². The molecule has 0 heterocycles. The summed E-state index contributed by atoms with van der Waals surface area (Å²) in [6.45, 7) is 2.78. The third-order valence-electron chi connectivity index (χ3n) is 3.03. The smallest absolute Gasteiger partial charge is 0.322 e. The molecule has 82 valence electrons. The molecule has 0 saturated heterocycles. The summed E-state index contributed by atoms with van der Waals surface area (Å²) >= 11 is 0. The lowest BCUT2D eigenvalue weighted by atomic mass is 10.0. The van der Waals surface area contributed by atoms with E-state index in [0.29, 0.717) is 0 Å². The molecule has 0 aromatic carbocycles. The van der Waals surface area contributed by atoms with Gasteiger partial charge in [0, 0.05) is 0 Å². The highest BCUT2D eigenvalue weighted by atomic mass is 16.5. The summed E-state index contributed by atoms with van der Waals surface area (Å²) in [7, 11) is 1.43. The number of ether oxygens (including phenoxy) is 1. The van der Waals surface area contributed by atoms with Crippen LogP contribution >= 0.6 is 0 Å². The molecule has 1 aliphatic carbocycles. The predicted molar refractivity (Wildman–Crippen MR) is 56.1 cm³/mol. The second-order valence-corrected chi connectivity index (χ2v) is 4.14. The summed E-state index contributed by atoms with van der Waals surface area (Å²) in [5.74, 6) is 0.712. The van der Waals surface area contributed by atoms with Crippen LogP contribution in [0.5, 0.6) is 0 Å². The third-order valence-corrected chi connectivity index (χ3v) is 3.03. The van der Waals surface area contributed by atoms with Crippen LogP contribution < -0.4 is 5.32 Å². The number of carbonyl (C=O) groups excluding carboxylic acids is 1. The molecule has 0 aliphatic heterocycles. The number of methoxy groups -OCH3 is 1. The van der Waals surface area contributed by atoms with Crippen LogP contribution in [0.25, 0.3) is 0 Å². The fraction of sp³-hybridized carbons (Fsp3) is 0.909. The molecule has 1 N–H and O–H groups in total. The molecule has 1 saturated carbocycles. The summed E-state index contributed by atoms with van der Waals surface area (Å²) < 4.78 is 4.63. The minimum atomic E-state index is -0.170. The van der Waals surface area contributed by atoms with Gasteiger partial charge >= 0.3 is 5.97 Å². The lowest BCUT2D eigenvalue weighted by Gasteiger charge is -2.13. The van der Waals surface area contributed by atoms with E-state index in [1.807, 2.05) is 6.92 Å². The summed E-state index contributed by atoms with van der Waals surface area (Å²) in [6.07, 6.45) is 6.71. The average Bonchev–Trinajstić information content (AvgIpc) is 2.69. The van der Waals surface area contributed by atoms with Gasteiger partial charge in [0.1, 0.15) is 6.04 Å². The summed E-state index contributed by atoms with van der Waals surface area (Å²) in [5.41, 5.74) is 0. The Labute approximate surface area is 86.2 Å². The van der Waals surface area contributed by atoms with Gasteiger partial charge in [-0.3, -0.25) is 4.79 Å². The van der Waals surface area contributed by atoms with Gasteiger partial charge in [0.25, 0.3) is 0 Å². The highest BCUT2D eigenvalue weighted by Crippen LogP contribution is 2.26. The lowest BCUT2D eigenvalue weighted by molar-refractivity contribution is -0.142. The predicted octanol–water partition coefficient (Wildman–Crippen LogP) is 1.72. The van der Waals surface area contributed by atoms with Crippen LogP contribution in [-0.2, 0) is 9.53 Å². The van der Waals surface area contributed by atoms with E-state index in [1.54, 1.807) is 0 Å². The molecule has 3 nitrogen and oxygen atoms in total. The first-order chi connectivity index (χ1) is 6.74. The van der Waals surface area contributed by atoms with E-state index < -0.39 is 0 Å². The van der Waals surface area contributed by atoms with Crippen LogP contribution in [0.1, 0.15) is 39.0 Å². The zero-order valence-electron chi connectivity index (χ0n) is 9.21. The maximum Gasteiger partial charge on any atom is 0.322 e. The molecule has 1 aliphatic rings. The Morgan fingerprint density at radius 2 is 2.14 bits per heavy atom. The summed E-state index contributed by atoms with van der Waals surface area (Å²) in [5, 5.41) is 3.19. The zero-order chi connectivity index (χ0) is 10.4. The maximum atomic E-state index is 11.1. The molecule has 14 heavy (non-hydrogen) atoms. The maximum absolute atomic E-state index is 11.1. The monoisotopic (exact) mass is 199 g/mol. The van der Waals surface area contributed by atoms with Crippen molar-refractivity contribution in [1.29, 1.82) is 0 Å². The van der Waals surface area contributed by atoms with Crippen molar-refractivity contribution in [3.8, 4) is 0 Å². The largest absolute Gasteiger partial charge is 0.468 e. The van der Waals surface area contributed by atoms with Crippen LogP contribution in [0.3, 0.4) is 0 Å². The Kier molecular flexibility index (Phi) is 4.94. The molecule has 0 aromatic heterocycles. The topological polar surface area (TPSA) is 38.3 Å². The van der Waals surface area contributed by atoms with Crippen molar-refractivity contribution in [3.63, 3.8) is 0 Å². The number of nitrogens with one attached hydrogen (secondary N) is 1. The molecule has 0 bridgehead atoms. The molecule has 1 fully saturated rings. The molecule has 1 unspecified atom stereocenters. The number of carbonyl (C=O) groups is 1. The Bertz CT molecular complexity index is 176. The second kappa shape index (κ2) is 6.02. The van der Waals surface area contributed by atoms with Gasteiger partial charge in [-0.25, -0.2) is 0 Å². The van der Waals surface area contributed by atoms with E-state index in [-0.39, 0.29) is 12.0 Å². The van der Waals surface area contributed by atoms with Gasteiger partial charge in [-0.05, 0) is 25.8 Å². The van der Waals surface area contributed by atoms with E-state index >= 15 is 0 Å². The summed E-state index contributed by atoms with van der Waals surface area (Å²) in [4.78, 5) is 11.1. The molecule has 0 amide bonds. The third kappa shape index (κ3) is 3.66. The Hall–Kier alpha value is -0.570. The number of hydrogen-bond acceptors (Lipinski definition) is 3. The van der Waals surface area contributed by atoms with Crippen LogP contribution in [0.15, 0.2) is 0 Å². The van der Waals surface area contributed by atoms with Crippen molar-refractivity contribution < 1.29 is 9.53 Å². The van der Waals surface area contributed by atoms with Gasteiger partial charge in [-0.2, -0.15) is 0 Å². The lowest BCUT2D eigenvalue weighted by Crippen LogP contribution is -2.35. The Balaban J connectivity index is 2.05.